The fraction of sp³-hybridized carbons (Fsp3) is 0.667. The van der Waals surface area contributed by atoms with Crippen LogP contribution < -0.4 is 5.32 Å². The number of hydrogen-bond donors (Lipinski definition) is 1. The third-order valence-electron chi connectivity index (χ3n) is 6.14. The summed E-state index contributed by atoms with van der Waals surface area (Å²) in [4.78, 5) is 25.5. The summed E-state index contributed by atoms with van der Waals surface area (Å²) in [6, 6.07) is 1.45. The molecule has 0 aromatic carbocycles. The van der Waals surface area contributed by atoms with Crippen LogP contribution in [0.5, 0.6) is 0 Å². The second kappa shape index (κ2) is 6.31. The van der Waals surface area contributed by atoms with E-state index in [0.29, 0.717) is 27.1 Å². The quantitative estimate of drug-likeness (QED) is 0.742. The molecular weight excluding hydrogens is 394 g/mol. The van der Waals surface area contributed by atoms with Gasteiger partial charge in [-0.1, -0.05) is 11.6 Å². The van der Waals surface area contributed by atoms with Crippen molar-refractivity contribution in [2.45, 2.75) is 38.5 Å². The van der Waals surface area contributed by atoms with Gasteiger partial charge in [-0.25, -0.2) is 8.42 Å². The minimum absolute atomic E-state index is 0.0245. The van der Waals surface area contributed by atoms with Crippen LogP contribution in [0.1, 0.15) is 48.9 Å². The van der Waals surface area contributed by atoms with Crippen molar-refractivity contribution < 1.29 is 18.0 Å². The highest BCUT2D eigenvalue weighted by atomic mass is 35.5. The Morgan fingerprint density at radius 2 is 1.73 bits per heavy atom. The van der Waals surface area contributed by atoms with E-state index in [1.165, 1.54) is 25.3 Å². The van der Waals surface area contributed by atoms with Gasteiger partial charge in [-0.2, -0.15) is 0 Å². The summed E-state index contributed by atoms with van der Waals surface area (Å²) < 4.78 is 23.3. The Labute approximate surface area is 162 Å². The first kappa shape index (κ1) is 18.4. The predicted molar refractivity (Wildman–Crippen MR) is 103 cm³/mol. The minimum Gasteiger partial charge on any atom is -0.317 e. The number of anilines is 1. The van der Waals surface area contributed by atoms with Crippen molar-refractivity contribution in [3.05, 3.63) is 16.0 Å². The van der Waals surface area contributed by atoms with Gasteiger partial charge in [0.2, 0.25) is 5.91 Å². The van der Waals surface area contributed by atoms with E-state index in [0.717, 1.165) is 36.9 Å². The molecule has 0 unspecified atom stereocenters. The van der Waals surface area contributed by atoms with Crippen molar-refractivity contribution in [2.24, 2.45) is 23.2 Å². The van der Waals surface area contributed by atoms with E-state index in [9.17, 15) is 18.0 Å². The summed E-state index contributed by atoms with van der Waals surface area (Å²) in [5.41, 5.74) is -0.133. The smallest absolute Gasteiger partial charge is 0.231 e. The maximum Gasteiger partial charge on any atom is 0.231 e. The number of thiophene rings is 1. The van der Waals surface area contributed by atoms with Crippen molar-refractivity contribution in [1.82, 2.24) is 0 Å². The summed E-state index contributed by atoms with van der Waals surface area (Å²) in [6.45, 7) is 0. The molecule has 26 heavy (non-hydrogen) atoms. The summed E-state index contributed by atoms with van der Waals surface area (Å²) in [5.74, 6) is 0.793. The fourth-order valence-corrected chi connectivity index (χ4v) is 7.37. The number of hydrogen-bond acceptors (Lipinski definition) is 5. The molecule has 1 aromatic heterocycles. The molecule has 4 aliphatic carbocycles. The number of nitrogens with one attached hydrogen (secondary N) is 1. The molecule has 0 radical (unpaired) electrons. The fourth-order valence-electron chi connectivity index (χ4n) is 5.60. The van der Waals surface area contributed by atoms with Crippen LogP contribution in [0.2, 0.25) is 4.34 Å². The molecule has 5 nitrogen and oxygen atoms in total. The lowest BCUT2D eigenvalue weighted by Crippen LogP contribution is -2.51. The van der Waals surface area contributed by atoms with Crippen LogP contribution in [0, 0.1) is 23.2 Å². The lowest BCUT2D eigenvalue weighted by atomic mass is 9.49. The summed E-state index contributed by atoms with van der Waals surface area (Å²) in [5, 5.41) is 3.31. The molecule has 0 saturated heterocycles. The van der Waals surface area contributed by atoms with Gasteiger partial charge in [0.05, 0.1) is 15.3 Å². The van der Waals surface area contributed by atoms with E-state index < -0.39 is 21.4 Å². The van der Waals surface area contributed by atoms with Crippen molar-refractivity contribution >= 4 is 49.5 Å². The average molecular weight is 416 g/mol. The maximum atomic E-state index is 13.2. The monoisotopic (exact) mass is 415 g/mol. The number of rotatable bonds is 5. The van der Waals surface area contributed by atoms with Crippen LogP contribution >= 0.6 is 22.9 Å². The molecule has 1 aromatic rings. The summed E-state index contributed by atoms with van der Waals surface area (Å²) >= 11 is 7.17. The van der Waals surface area contributed by atoms with Crippen molar-refractivity contribution in [3.63, 3.8) is 0 Å². The number of amides is 1. The highest BCUT2D eigenvalue weighted by molar-refractivity contribution is 7.91. The van der Waals surface area contributed by atoms with E-state index in [1.54, 1.807) is 0 Å². The van der Waals surface area contributed by atoms with E-state index in [-0.39, 0.29) is 16.9 Å². The van der Waals surface area contributed by atoms with Crippen molar-refractivity contribution in [1.29, 1.82) is 0 Å². The van der Waals surface area contributed by atoms with Crippen LogP contribution in [0.4, 0.5) is 5.00 Å². The zero-order chi connectivity index (χ0) is 18.7. The molecule has 1 amide bonds. The SMILES string of the molecule is CS(=O)(=O)CC(=O)c1cc(Cl)sc1NC(=O)C12CC3CC(CC(C3)C1)C2. The molecular formula is C18H22ClNO4S2. The predicted octanol–water partition coefficient (Wildman–Crippen LogP) is 3.78. The topological polar surface area (TPSA) is 80.3 Å². The number of sulfone groups is 1. The van der Waals surface area contributed by atoms with E-state index in [2.05, 4.69) is 5.32 Å². The molecule has 4 bridgehead atoms. The second-order valence-electron chi connectivity index (χ2n) is 8.44. The highest BCUT2D eigenvalue weighted by Gasteiger charge is 2.54. The van der Waals surface area contributed by atoms with Gasteiger partial charge in [-0.05, 0) is 62.3 Å². The van der Waals surface area contributed by atoms with Gasteiger partial charge in [-0.3, -0.25) is 9.59 Å². The molecule has 4 fully saturated rings. The Kier molecular flexibility index (Phi) is 4.48. The Hall–Kier alpha value is -0.920. The van der Waals surface area contributed by atoms with Gasteiger partial charge in [0, 0.05) is 6.26 Å². The first-order valence-corrected chi connectivity index (χ1v) is 12.2. The number of carbonyl (C=O) groups is 2. The highest BCUT2D eigenvalue weighted by Crippen LogP contribution is 2.60. The maximum absolute atomic E-state index is 13.2. The first-order chi connectivity index (χ1) is 12.1. The molecule has 0 spiro atoms. The Balaban J connectivity index is 1.56. The molecule has 0 aliphatic heterocycles. The van der Waals surface area contributed by atoms with Crippen LogP contribution in [0.15, 0.2) is 6.07 Å². The molecule has 5 rings (SSSR count). The number of Topliss-reactive ketones (excluding diaryl/α,β-unsaturated/α-hetero) is 1. The van der Waals surface area contributed by atoms with Crippen LogP contribution in [-0.4, -0.2) is 32.1 Å². The molecule has 8 heteroatoms. The second-order valence-corrected chi connectivity index (χ2v) is 12.3. The lowest BCUT2D eigenvalue weighted by Gasteiger charge is -2.55. The Morgan fingerprint density at radius 1 is 1.19 bits per heavy atom. The van der Waals surface area contributed by atoms with Crippen LogP contribution in [0.3, 0.4) is 0 Å². The summed E-state index contributed by atoms with van der Waals surface area (Å²) in [6.07, 6.45) is 7.54. The normalized spacial score (nSPS) is 32.6. The van der Waals surface area contributed by atoms with E-state index in [4.69, 9.17) is 11.6 Å². The third kappa shape index (κ3) is 3.45. The van der Waals surface area contributed by atoms with Gasteiger partial charge < -0.3 is 5.32 Å². The van der Waals surface area contributed by atoms with Crippen molar-refractivity contribution in [2.75, 3.05) is 17.3 Å². The van der Waals surface area contributed by atoms with Gasteiger partial charge >= 0.3 is 0 Å². The van der Waals surface area contributed by atoms with Crippen LogP contribution in [0.25, 0.3) is 0 Å². The number of ketones is 1. The number of halogens is 1. The van der Waals surface area contributed by atoms with E-state index >= 15 is 0 Å². The first-order valence-electron chi connectivity index (χ1n) is 8.95. The van der Waals surface area contributed by atoms with Gasteiger partial charge in [0.15, 0.2) is 15.6 Å². The zero-order valence-electron chi connectivity index (χ0n) is 14.6. The lowest BCUT2D eigenvalue weighted by molar-refractivity contribution is -0.140. The number of carbonyl (C=O) groups excluding carboxylic acids is 2. The Bertz CT molecular complexity index is 838. The van der Waals surface area contributed by atoms with Gasteiger partial charge in [0.1, 0.15) is 10.8 Å². The van der Waals surface area contributed by atoms with Crippen LogP contribution in [-0.2, 0) is 14.6 Å². The minimum atomic E-state index is -3.45. The molecule has 142 valence electrons. The zero-order valence-corrected chi connectivity index (χ0v) is 17.0. The molecule has 4 saturated carbocycles. The third-order valence-corrected chi connectivity index (χ3v) is 8.11. The largest absolute Gasteiger partial charge is 0.317 e. The van der Waals surface area contributed by atoms with E-state index in [1.807, 2.05) is 0 Å². The van der Waals surface area contributed by atoms with Gasteiger partial charge in [0.25, 0.3) is 0 Å². The van der Waals surface area contributed by atoms with Crippen molar-refractivity contribution in [3.8, 4) is 0 Å². The molecule has 0 atom stereocenters. The molecule has 1 N–H and O–H groups in total. The average Bonchev–Trinajstić information content (AvgIpc) is 2.85. The standard InChI is InChI=1S/C18H22ClNO4S2/c1-26(23,24)9-14(21)13-5-15(19)25-16(13)20-17(22)18-6-10-2-11(7-18)4-12(3-10)8-18/h5,10-12H,2-4,6-9H2,1H3,(H,20,22). The molecule has 4 aliphatic rings. The summed E-state index contributed by atoms with van der Waals surface area (Å²) in [7, 11) is -3.45. The van der Waals surface area contributed by atoms with Gasteiger partial charge in [-0.15, -0.1) is 11.3 Å². The Morgan fingerprint density at radius 3 is 2.23 bits per heavy atom. The molecule has 1 heterocycles.